The van der Waals surface area contributed by atoms with Crippen LogP contribution >= 0.6 is 0 Å². The van der Waals surface area contributed by atoms with Crippen LogP contribution in [0.15, 0.2) is 222 Å². The van der Waals surface area contributed by atoms with Crippen LogP contribution in [0, 0.1) is 0 Å². The van der Waals surface area contributed by atoms with Crippen molar-refractivity contribution < 1.29 is 9.52 Å². The van der Waals surface area contributed by atoms with Gasteiger partial charge in [0.15, 0.2) is 0 Å². The number of benzene rings is 8. The largest absolute Gasteiger partial charge is 0.507 e. The lowest BCUT2D eigenvalue weighted by atomic mass is 9.98. The number of aryl methyl sites for hydroxylation is 1. The average molecular weight is 848 g/mol. The van der Waals surface area contributed by atoms with Crippen molar-refractivity contribution in [1.29, 1.82) is 0 Å². The summed E-state index contributed by atoms with van der Waals surface area (Å²) in [5.74, 6) is 0.218. The summed E-state index contributed by atoms with van der Waals surface area (Å²) in [5, 5.41) is 20.5. The molecule has 0 saturated heterocycles. The van der Waals surface area contributed by atoms with Crippen molar-refractivity contribution in [2.24, 2.45) is 0 Å². The standard InChI is InChI=1S/C61H41N3O2/c65-58-29-6-2-5-21-47(58)41-18-15-19-44(35-41)63-56-28-14-10-24-51(56)60-57(63)32-31-50-52-37-40(30-33-59(52)66-61(50)60)42-34-43(62-53-25-11-7-20-46(53)39-16-3-1-4-17-39)38-45(36-42)64-54-26-12-8-22-48(54)49-23-9-13-27-55(49)64/h1-4,6-9,11-23,25-38,62,65H,10,24H2. The molecule has 0 aliphatic heterocycles. The van der Waals surface area contributed by atoms with E-state index in [0.29, 0.717) is 0 Å². The van der Waals surface area contributed by atoms with Crippen molar-refractivity contribution in [1.82, 2.24) is 9.13 Å². The lowest BCUT2D eigenvalue weighted by molar-refractivity contribution is 0.436. The van der Waals surface area contributed by atoms with E-state index < -0.39 is 0 Å². The molecule has 3 heterocycles. The zero-order valence-electron chi connectivity index (χ0n) is 35.9. The Morgan fingerprint density at radius 2 is 1.33 bits per heavy atom. The maximum absolute atomic E-state index is 10.9. The van der Waals surface area contributed by atoms with Gasteiger partial charge in [-0.2, -0.15) is 0 Å². The molecule has 312 valence electrons. The van der Waals surface area contributed by atoms with Crippen molar-refractivity contribution in [2.75, 3.05) is 5.32 Å². The highest BCUT2D eigenvalue weighted by atomic mass is 16.3. The molecule has 0 atom stereocenters. The summed E-state index contributed by atoms with van der Waals surface area (Å²) in [5.41, 5.74) is 21.1. The molecule has 0 amide bonds. The third-order valence-corrected chi connectivity index (χ3v) is 13.3. The monoisotopic (exact) mass is 847 g/mol. The lowest BCUT2D eigenvalue weighted by Gasteiger charge is -2.17. The highest BCUT2D eigenvalue weighted by Crippen LogP contribution is 2.44. The number of rotatable bonds is 7. The van der Waals surface area contributed by atoms with Gasteiger partial charge in [-0.3, -0.25) is 0 Å². The number of nitrogens with one attached hydrogen (secondary N) is 1. The first-order chi connectivity index (χ1) is 32.6. The molecule has 0 fully saturated rings. The van der Waals surface area contributed by atoms with E-state index in [4.69, 9.17) is 4.42 Å². The van der Waals surface area contributed by atoms with Gasteiger partial charge in [0, 0.05) is 66.5 Å². The van der Waals surface area contributed by atoms with Crippen molar-refractivity contribution in [3.63, 3.8) is 0 Å². The minimum atomic E-state index is 0.218. The van der Waals surface area contributed by atoms with E-state index in [1.807, 2.05) is 12.1 Å². The van der Waals surface area contributed by atoms with Gasteiger partial charge >= 0.3 is 0 Å². The smallest absolute Gasteiger partial charge is 0.145 e. The Balaban J connectivity index is 0.985. The number of allylic oxidation sites excluding steroid dienone is 5. The molecule has 0 spiro atoms. The van der Waals surface area contributed by atoms with Gasteiger partial charge in [-0.05, 0) is 138 Å². The quantitative estimate of drug-likeness (QED) is 0.157. The number of fused-ring (bicyclic) bond motifs is 10. The van der Waals surface area contributed by atoms with E-state index in [9.17, 15) is 5.11 Å². The summed E-state index contributed by atoms with van der Waals surface area (Å²) >= 11 is 0. The highest BCUT2D eigenvalue weighted by molar-refractivity contribution is 6.17. The van der Waals surface area contributed by atoms with Gasteiger partial charge in [0.25, 0.3) is 0 Å². The fourth-order valence-corrected chi connectivity index (χ4v) is 10.3. The molecule has 2 N–H and O–H groups in total. The van der Waals surface area contributed by atoms with Gasteiger partial charge in [-0.1, -0.05) is 115 Å². The van der Waals surface area contributed by atoms with E-state index in [0.717, 1.165) is 119 Å². The first kappa shape index (κ1) is 37.8. The molecule has 13 rings (SSSR count). The molecule has 3 aromatic heterocycles. The molecular formula is C61H41N3O2. The van der Waals surface area contributed by atoms with Gasteiger partial charge in [-0.15, -0.1) is 5.73 Å². The molecular weight excluding hydrogens is 807 g/mol. The van der Waals surface area contributed by atoms with Crippen LogP contribution in [-0.2, 0) is 6.42 Å². The average Bonchev–Trinajstić information content (AvgIpc) is 3.97. The topological polar surface area (TPSA) is 55.3 Å². The molecule has 0 saturated carbocycles. The van der Waals surface area contributed by atoms with Crippen molar-refractivity contribution in [3.8, 4) is 33.6 Å². The van der Waals surface area contributed by atoms with Crippen LogP contribution in [0.25, 0.3) is 99.9 Å². The SMILES string of the molecule is OC1=C(c2cccc(-n3c4c(c5c6oc7ccc(-c8cc(Nc9ccccc9-c9ccccc9)cc(-n9c%10ccccc%10c%10ccccc%109)c8)cc7c6ccc53)CCC=C4)c2)C=C=CC=C1. The predicted molar refractivity (Wildman–Crippen MR) is 274 cm³/mol. The molecule has 2 aliphatic carbocycles. The minimum absolute atomic E-state index is 0.218. The molecule has 5 nitrogen and oxygen atoms in total. The Bertz CT molecular complexity index is 3900. The zero-order chi connectivity index (χ0) is 43.7. The zero-order valence-corrected chi connectivity index (χ0v) is 35.9. The number of furan rings is 1. The maximum atomic E-state index is 10.9. The minimum Gasteiger partial charge on any atom is -0.507 e. The molecule has 0 unspecified atom stereocenters. The summed E-state index contributed by atoms with van der Waals surface area (Å²) in [6, 6.07) is 62.8. The van der Waals surface area contributed by atoms with Crippen LogP contribution in [0.5, 0.6) is 0 Å². The van der Waals surface area contributed by atoms with Crippen LogP contribution in [0.4, 0.5) is 11.4 Å². The second kappa shape index (κ2) is 15.2. The van der Waals surface area contributed by atoms with E-state index in [-0.39, 0.29) is 5.76 Å². The van der Waals surface area contributed by atoms with Gasteiger partial charge in [0.1, 0.15) is 16.9 Å². The summed E-state index contributed by atoms with van der Waals surface area (Å²) in [7, 11) is 0. The van der Waals surface area contributed by atoms with Crippen LogP contribution in [-0.4, -0.2) is 14.2 Å². The van der Waals surface area contributed by atoms with Crippen molar-refractivity contribution in [2.45, 2.75) is 12.8 Å². The maximum Gasteiger partial charge on any atom is 0.145 e. The molecule has 11 aromatic rings. The molecule has 0 radical (unpaired) electrons. The van der Waals surface area contributed by atoms with Crippen LogP contribution in [0.2, 0.25) is 0 Å². The Kier molecular flexibility index (Phi) is 8.70. The highest BCUT2D eigenvalue weighted by Gasteiger charge is 2.24. The van der Waals surface area contributed by atoms with Gasteiger partial charge in [-0.25, -0.2) is 0 Å². The Labute approximate surface area is 381 Å². The summed E-state index contributed by atoms with van der Waals surface area (Å²) in [6.45, 7) is 0. The molecule has 5 heteroatoms. The number of aliphatic hydroxyl groups excluding tert-OH is 1. The first-order valence-corrected chi connectivity index (χ1v) is 22.5. The van der Waals surface area contributed by atoms with Gasteiger partial charge in [0.2, 0.25) is 0 Å². The Morgan fingerprint density at radius 3 is 2.20 bits per heavy atom. The third-order valence-electron chi connectivity index (χ3n) is 13.3. The fraction of sp³-hybridized carbons (Fsp3) is 0.0328. The number of aliphatic hydroxyl groups is 1. The molecule has 66 heavy (non-hydrogen) atoms. The fourth-order valence-electron chi connectivity index (χ4n) is 10.3. The lowest BCUT2D eigenvalue weighted by Crippen LogP contribution is -2.01. The number of anilines is 2. The van der Waals surface area contributed by atoms with Crippen molar-refractivity contribution >= 4 is 77.7 Å². The number of nitrogens with zero attached hydrogens (tertiary/aromatic N) is 2. The van der Waals surface area contributed by atoms with E-state index in [2.05, 4.69) is 202 Å². The van der Waals surface area contributed by atoms with Crippen LogP contribution in [0.1, 0.15) is 23.2 Å². The van der Waals surface area contributed by atoms with E-state index >= 15 is 0 Å². The van der Waals surface area contributed by atoms with E-state index in [1.54, 1.807) is 18.2 Å². The summed E-state index contributed by atoms with van der Waals surface area (Å²) < 4.78 is 11.7. The van der Waals surface area contributed by atoms with Crippen LogP contribution < -0.4 is 5.32 Å². The number of para-hydroxylation sites is 3. The third kappa shape index (κ3) is 6.10. The normalized spacial score (nSPS) is 13.5. The second-order valence-electron chi connectivity index (χ2n) is 17.2. The summed E-state index contributed by atoms with van der Waals surface area (Å²) in [6.07, 6.45) is 13.6. The van der Waals surface area contributed by atoms with Crippen molar-refractivity contribution in [3.05, 3.63) is 235 Å². The van der Waals surface area contributed by atoms with Gasteiger partial charge < -0.3 is 24.0 Å². The van der Waals surface area contributed by atoms with Gasteiger partial charge in [0.05, 0.1) is 16.6 Å². The Hall–Kier alpha value is -8.76. The van der Waals surface area contributed by atoms with E-state index in [1.165, 1.54) is 16.3 Å². The second-order valence-corrected chi connectivity index (χ2v) is 17.2. The predicted octanol–water partition coefficient (Wildman–Crippen LogP) is 16.2. The summed E-state index contributed by atoms with van der Waals surface area (Å²) in [4.78, 5) is 0. The first-order valence-electron chi connectivity index (χ1n) is 22.5. The molecule has 2 aliphatic rings. The van der Waals surface area contributed by atoms with Crippen LogP contribution in [0.3, 0.4) is 0 Å². The molecule has 8 aromatic carbocycles. The number of hydrogen-bond donors (Lipinski definition) is 2. The number of aromatic nitrogens is 2. The molecule has 0 bridgehead atoms. The Morgan fingerprint density at radius 1 is 0.561 bits per heavy atom. The number of hydrogen-bond acceptors (Lipinski definition) is 3.